The zero-order valence-corrected chi connectivity index (χ0v) is 19.7. The van der Waals surface area contributed by atoms with Gasteiger partial charge in [-0.2, -0.15) is 9.46 Å². The van der Waals surface area contributed by atoms with E-state index in [0.717, 1.165) is 22.2 Å². The first kappa shape index (κ1) is 22.6. The van der Waals surface area contributed by atoms with Crippen LogP contribution < -0.4 is 5.73 Å². The van der Waals surface area contributed by atoms with Crippen molar-refractivity contribution in [2.75, 3.05) is 12.0 Å². The summed E-state index contributed by atoms with van der Waals surface area (Å²) < 4.78 is 33.3. The molecule has 0 aliphatic heterocycles. The predicted molar refractivity (Wildman–Crippen MR) is 131 cm³/mol. The number of rotatable bonds is 5. The Labute approximate surface area is 192 Å². The van der Waals surface area contributed by atoms with E-state index in [1.165, 1.54) is 24.5 Å². The summed E-state index contributed by atoms with van der Waals surface area (Å²) in [6, 6.07) is 9.72. The zero-order chi connectivity index (χ0) is 23.9. The summed E-state index contributed by atoms with van der Waals surface area (Å²) in [6.07, 6.45) is 5.95. The predicted octanol–water partition coefficient (Wildman–Crippen LogP) is 5.27. The first-order chi connectivity index (χ1) is 15.6. The molecule has 2 aromatic heterocycles. The van der Waals surface area contributed by atoms with Crippen LogP contribution in [0.1, 0.15) is 31.0 Å². The highest BCUT2D eigenvalue weighted by molar-refractivity contribution is 7.93. The van der Waals surface area contributed by atoms with E-state index < -0.39 is 9.73 Å². The van der Waals surface area contributed by atoms with Gasteiger partial charge in [0.25, 0.3) is 0 Å². The summed E-state index contributed by atoms with van der Waals surface area (Å²) in [5.41, 5.74) is 9.46. The van der Waals surface area contributed by atoms with Crippen LogP contribution in [0.2, 0.25) is 0 Å². The molecule has 0 bridgehead atoms. The first-order valence-corrected chi connectivity index (χ1v) is 12.3. The normalized spacial score (nSPS) is 13.3. The number of benzene rings is 2. The number of aryl methyl sites for hydroxylation is 1. The number of pyridine rings is 1. The Morgan fingerprint density at radius 3 is 2.48 bits per heavy atom. The number of nitrogens with zero attached hydrogens (tertiary/aromatic N) is 4. The van der Waals surface area contributed by atoms with Gasteiger partial charge in [0.05, 0.1) is 26.5 Å². The van der Waals surface area contributed by atoms with Gasteiger partial charge >= 0.3 is 0 Å². The topological polar surface area (TPSA) is 110 Å². The number of hydrogen-bond donors (Lipinski definition) is 2. The molecule has 4 rings (SSSR count). The second-order valence-corrected chi connectivity index (χ2v) is 10.5. The molecule has 0 aliphatic rings. The van der Waals surface area contributed by atoms with Gasteiger partial charge in [0, 0.05) is 47.9 Å². The molecule has 0 saturated heterocycles. The van der Waals surface area contributed by atoms with Crippen LogP contribution in [0, 0.1) is 11.2 Å². The maximum Gasteiger partial charge on any atom is 0.170 e. The summed E-state index contributed by atoms with van der Waals surface area (Å²) in [4.78, 5) is 5.33. The largest absolute Gasteiger partial charge is 0.398 e. The van der Waals surface area contributed by atoms with E-state index in [9.17, 15) is 8.60 Å². The van der Waals surface area contributed by atoms with Gasteiger partial charge in [-0.15, -0.1) is 0 Å². The van der Waals surface area contributed by atoms with Crippen molar-refractivity contribution >= 4 is 38.2 Å². The van der Waals surface area contributed by atoms with E-state index in [-0.39, 0.29) is 11.7 Å². The van der Waals surface area contributed by atoms with Crippen LogP contribution in [0.25, 0.3) is 21.9 Å². The Morgan fingerprint density at radius 1 is 1.21 bits per heavy atom. The summed E-state index contributed by atoms with van der Waals surface area (Å²) in [7, 11) is -1.09. The molecule has 1 unspecified atom stereocenters. The minimum Gasteiger partial charge on any atom is -0.398 e. The van der Waals surface area contributed by atoms with Crippen molar-refractivity contribution in [2.45, 2.75) is 24.7 Å². The Hall–Kier alpha value is -3.59. The molecular formula is C24H25FN6OS. The molecule has 0 aliphatic carbocycles. The van der Waals surface area contributed by atoms with Gasteiger partial charge in [0.1, 0.15) is 5.82 Å². The average Bonchev–Trinajstić information content (AvgIpc) is 3.21. The molecule has 0 saturated carbocycles. The molecule has 4 aromatic rings. The summed E-state index contributed by atoms with van der Waals surface area (Å²) in [5.74, 6) is -0.0322. The van der Waals surface area contributed by atoms with E-state index in [2.05, 4.69) is 9.46 Å². The van der Waals surface area contributed by atoms with Crippen molar-refractivity contribution in [1.29, 1.82) is 5.41 Å². The Kier molecular flexibility index (Phi) is 5.75. The molecule has 9 heteroatoms. The molecule has 0 radical (unpaired) electrons. The van der Waals surface area contributed by atoms with Crippen LogP contribution in [-0.2, 0) is 16.8 Å². The highest BCUT2D eigenvalue weighted by Gasteiger charge is 2.20. The van der Waals surface area contributed by atoms with Crippen molar-refractivity contribution in [3.8, 4) is 11.1 Å². The molecule has 170 valence electrons. The third-order valence-electron chi connectivity index (χ3n) is 5.43. The minimum absolute atomic E-state index is 0.00399. The molecule has 1 atom stereocenters. The zero-order valence-electron chi connectivity index (χ0n) is 18.8. The second kappa shape index (κ2) is 8.40. The molecule has 0 amide bonds. The van der Waals surface area contributed by atoms with Gasteiger partial charge in [0.2, 0.25) is 0 Å². The number of nitrogen functional groups attached to an aromatic ring is 1. The lowest BCUT2D eigenvalue weighted by Gasteiger charge is -2.18. The lowest BCUT2D eigenvalue weighted by molar-refractivity contribution is 0.628. The van der Waals surface area contributed by atoms with Crippen molar-refractivity contribution in [3.05, 3.63) is 65.9 Å². The smallest absolute Gasteiger partial charge is 0.170 e. The van der Waals surface area contributed by atoms with Crippen LogP contribution in [0.3, 0.4) is 0 Å². The molecular weight excluding hydrogens is 439 g/mol. The molecule has 2 aromatic carbocycles. The van der Waals surface area contributed by atoms with Crippen LogP contribution in [0.5, 0.6) is 0 Å². The van der Waals surface area contributed by atoms with Crippen molar-refractivity contribution < 1.29 is 8.60 Å². The van der Waals surface area contributed by atoms with Crippen molar-refractivity contribution in [1.82, 2.24) is 14.8 Å². The quantitative estimate of drug-likeness (QED) is 0.310. The minimum atomic E-state index is -2.84. The van der Waals surface area contributed by atoms with Crippen LogP contribution in [0.15, 0.2) is 58.1 Å². The molecule has 0 spiro atoms. The molecule has 7 nitrogen and oxygen atoms in total. The van der Waals surface area contributed by atoms with E-state index in [1.807, 2.05) is 19.9 Å². The van der Waals surface area contributed by atoms with Crippen LogP contribution >= 0.6 is 0 Å². The average molecular weight is 465 g/mol. The number of nitrogens with one attached hydrogen (secondary N) is 1. The third kappa shape index (κ3) is 4.23. The Balaban J connectivity index is 2.13. The number of nitrogens with two attached hydrogens (primary N) is 1. The highest BCUT2D eigenvalue weighted by atomic mass is 32.2. The summed E-state index contributed by atoms with van der Waals surface area (Å²) in [5, 5.41) is 13.2. The number of anilines is 1. The Morgan fingerprint density at radius 2 is 1.91 bits per heavy atom. The molecule has 33 heavy (non-hydrogen) atoms. The fourth-order valence-electron chi connectivity index (χ4n) is 3.74. The van der Waals surface area contributed by atoms with E-state index in [0.29, 0.717) is 27.4 Å². The lowest BCUT2D eigenvalue weighted by Crippen LogP contribution is -2.03. The maximum atomic E-state index is 13.6. The monoisotopic (exact) mass is 464 g/mol. The van der Waals surface area contributed by atoms with Crippen LogP contribution in [0.4, 0.5) is 15.9 Å². The van der Waals surface area contributed by atoms with E-state index in [4.69, 9.17) is 16.1 Å². The van der Waals surface area contributed by atoms with E-state index in [1.54, 1.807) is 42.4 Å². The number of fused-ring (bicyclic) bond motifs is 1. The SMILES string of the molecule is CC(C)c1nc(N=S(C)(=O)c2cnn(C)c2)c2cc(N)c(C=N)cc2c1-c1ccc(F)cc1. The fourth-order valence-corrected chi connectivity index (χ4v) is 4.90. The fraction of sp³-hybridized carbons (Fsp3) is 0.208. The Bertz CT molecular complexity index is 1500. The number of halogens is 1. The second-order valence-electron chi connectivity index (χ2n) is 8.27. The summed E-state index contributed by atoms with van der Waals surface area (Å²) in [6.45, 7) is 4.01. The summed E-state index contributed by atoms with van der Waals surface area (Å²) >= 11 is 0. The van der Waals surface area contributed by atoms with Gasteiger partial charge in [-0.3, -0.25) is 4.68 Å². The van der Waals surface area contributed by atoms with Gasteiger partial charge in [0.15, 0.2) is 5.82 Å². The first-order valence-electron chi connectivity index (χ1n) is 10.3. The molecule has 3 N–H and O–H groups in total. The third-order valence-corrected chi connectivity index (χ3v) is 7.04. The van der Waals surface area contributed by atoms with Gasteiger partial charge in [-0.1, -0.05) is 26.0 Å². The van der Waals surface area contributed by atoms with Crippen LogP contribution in [-0.4, -0.2) is 31.4 Å². The number of hydrogen-bond acceptors (Lipinski definition) is 6. The molecule has 0 fully saturated rings. The van der Waals surface area contributed by atoms with Crippen molar-refractivity contribution in [2.24, 2.45) is 11.4 Å². The highest BCUT2D eigenvalue weighted by Crippen LogP contribution is 2.41. The van der Waals surface area contributed by atoms with Gasteiger partial charge in [-0.05, 0) is 41.1 Å². The molecule has 2 heterocycles. The maximum absolute atomic E-state index is 13.6. The van der Waals surface area contributed by atoms with E-state index >= 15 is 0 Å². The van der Waals surface area contributed by atoms with Gasteiger partial charge in [-0.25, -0.2) is 13.6 Å². The van der Waals surface area contributed by atoms with Gasteiger partial charge < -0.3 is 11.1 Å². The van der Waals surface area contributed by atoms with Crippen molar-refractivity contribution in [3.63, 3.8) is 0 Å². The lowest BCUT2D eigenvalue weighted by atomic mass is 9.91. The number of aromatic nitrogens is 3. The standard InChI is InChI=1S/C24H25FN6OS/c1-14(2)23-22(15-5-7-17(25)8-6-15)19-9-16(11-26)21(27)10-20(19)24(29-23)30-33(4,32)18-12-28-31(3)13-18/h5-14,26H,27H2,1-4H3.